The number of nitriles is 1. The lowest BCUT2D eigenvalue weighted by Crippen LogP contribution is -2.40. The summed E-state index contributed by atoms with van der Waals surface area (Å²) in [6.07, 6.45) is 0.420. The molecule has 0 radical (unpaired) electrons. The van der Waals surface area contributed by atoms with Crippen molar-refractivity contribution in [1.29, 1.82) is 5.26 Å². The van der Waals surface area contributed by atoms with Gasteiger partial charge in [0.1, 0.15) is 0 Å². The maximum absolute atomic E-state index is 8.35. The summed E-state index contributed by atoms with van der Waals surface area (Å²) >= 11 is 0. The zero-order valence-corrected chi connectivity index (χ0v) is 6.44. The van der Waals surface area contributed by atoms with Gasteiger partial charge in [-0.2, -0.15) is 5.26 Å². The van der Waals surface area contributed by atoms with Crippen LogP contribution in [-0.4, -0.2) is 5.54 Å². The van der Waals surface area contributed by atoms with Crippen LogP contribution in [0.2, 0.25) is 0 Å². The van der Waals surface area contributed by atoms with Gasteiger partial charge < -0.3 is 11.1 Å². The Bertz CT molecular complexity index is 164. The van der Waals surface area contributed by atoms with Gasteiger partial charge in [0, 0.05) is 5.54 Å². The molecular formula is C7H13N3. The molecule has 3 N–H and O–H groups in total. The Morgan fingerprint density at radius 2 is 2.30 bits per heavy atom. The first-order chi connectivity index (χ1) is 4.48. The molecule has 0 aromatic heterocycles. The highest BCUT2D eigenvalue weighted by Gasteiger charge is 2.15. The quantitative estimate of drug-likeness (QED) is 0.605. The molecule has 0 saturated heterocycles. The third-order valence-corrected chi connectivity index (χ3v) is 1.02. The van der Waals surface area contributed by atoms with Gasteiger partial charge in [0.05, 0.1) is 18.3 Å². The minimum absolute atomic E-state index is 0.263. The van der Waals surface area contributed by atoms with Crippen molar-refractivity contribution >= 4 is 0 Å². The molecule has 0 amide bonds. The second-order valence-corrected chi connectivity index (χ2v) is 2.87. The Kier molecular flexibility index (Phi) is 2.75. The van der Waals surface area contributed by atoms with Gasteiger partial charge in [0.25, 0.3) is 0 Å². The van der Waals surface area contributed by atoms with Crippen molar-refractivity contribution in [3.63, 3.8) is 0 Å². The summed E-state index contributed by atoms with van der Waals surface area (Å²) in [5, 5.41) is 11.2. The number of hydrogen-bond donors (Lipinski definition) is 2. The van der Waals surface area contributed by atoms with Crippen molar-refractivity contribution in [3.8, 4) is 6.07 Å². The van der Waals surface area contributed by atoms with Gasteiger partial charge in [-0.05, 0) is 13.8 Å². The number of rotatable bonds is 3. The Labute approximate surface area is 61.5 Å². The maximum Gasteiger partial charge on any atom is 0.0890 e. The van der Waals surface area contributed by atoms with E-state index < -0.39 is 0 Å². The molecule has 0 heterocycles. The lowest BCUT2D eigenvalue weighted by molar-refractivity contribution is 0.436. The van der Waals surface area contributed by atoms with Crippen LogP contribution >= 0.6 is 0 Å². The zero-order valence-electron chi connectivity index (χ0n) is 6.44. The summed E-state index contributed by atoms with van der Waals surface area (Å²) in [6, 6.07) is 2.05. The summed E-state index contributed by atoms with van der Waals surface area (Å²) in [5.74, 6) is 0.403. The fraction of sp³-hybridized carbons (Fsp3) is 0.571. The molecule has 0 atom stereocenters. The molecule has 0 aromatic rings. The van der Waals surface area contributed by atoms with Crippen LogP contribution in [0.15, 0.2) is 12.4 Å². The van der Waals surface area contributed by atoms with E-state index in [0.29, 0.717) is 12.2 Å². The SMILES string of the molecule is C=C(N)NC(C)(C)CC#N. The lowest BCUT2D eigenvalue weighted by atomic mass is 10.0. The van der Waals surface area contributed by atoms with Crippen molar-refractivity contribution in [2.75, 3.05) is 0 Å². The van der Waals surface area contributed by atoms with Crippen LogP contribution in [0.25, 0.3) is 0 Å². The van der Waals surface area contributed by atoms with E-state index in [1.807, 2.05) is 13.8 Å². The van der Waals surface area contributed by atoms with Gasteiger partial charge in [-0.1, -0.05) is 6.58 Å². The van der Waals surface area contributed by atoms with Crippen LogP contribution in [0.4, 0.5) is 0 Å². The third-order valence-electron chi connectivity index (χ3n) is 1.02. The number of nitrogens with zero attached hydrogens (tertiary/aromatic N) is 1. The second kappa shape index (κ2) is 3.11. The molecule has 10 heavy (non-hydrogen) atoms. The Balaban J connectivity index is 3.89. The summed E-state index contributed by atoms with van der Waals surface area (Å²) < 4.78 is 0. The van der Waals surface area contributed by atoms with E-state index in [9.17, 15) is 0 Å². The molecule has 0 fully saturated rings. The van der Waals surface area contributed by atoms with Crippen LogP contribution in [0, 0.1) is 11.3 Å². The molecule has 3 heteroatoms. The summed E-state index contributed by atoms with van der Waals surface area (Å²) in [5.41, 5.74) is 5.03. The highest BCUT2D eigenvalue weighted by Crippen LogP contribution is 2.06. The standard InChI is InChI=1S/C7H13N3/c1-6(9)10-7(2,3)4-5-8/h10H,1,4,9H2,2-3H3. The van der Waals surface area contributed by atoms with E-state index in [4.69, 9.17) is 11.0 Å². The predicted octanol–water partition coefficient (Wildman–Crippen LogP) is 0.698. The van der Waals surface area contributed by atoms with E-state index in [0.717, 1.165) is 0 Å². The molecule has 0 bridgehead atoms. The predicted molar refractivity (Wildman–Crippen MR) is 40.8 cm³/mol. The maximum atomic E-state index is 8.35. The van der Waals surface area contributed by atoms with Gasteiger partial charge >= 0.3 is 0 Å². The van der Waals surface area contributed by atoms with Crippen molar-refractivity contribution in [1.82, 2.24) is 5.32 Å². The number of nitrogens with one attached hydrogen (secondary N) is 1. The smallest absolute Gasteiger partial charge is 0.0890 e. The fourth-order valence-corrected chi connectivity index (χ4v) is 0.676. The molecule has 0 aromatic carbocycles. The minimum Gasteiger partial charge on any atom is -0.386 e. The topological polar surface area (TPSA) is 61.8 Å². The summed E-state index contributed by atoms with van der Waals surface area (Å²) in [7, 11) is 0. The summed E-state index contributed by atoms with van der Waals surface area (Å²) in [6.45, 7) is 7.27. The van der Waals surface area contributed by atoms with E-state index in [1.54, 1.807) is 0 Å². The van der Waals surface area contributed by atoms with Gasteiger partial charge in [-0.15, -0.1) is 0 Å². The van der Waals surface area contributed by atoms with Crippen LogP contribution in [-0.2, 0) is 0 Å². The van der Waals surface area contributed by atoms with Crippen molar-refractivity contribution in [2.45, 2.75) is 25.8 Å². The zero-order chi connectivity index (χ0) is 8.20. The molecule has 3 nitrogen and oxygen atoms in total. The molecule has 0 aliphatic rings. The van der Waals surface area contributed by atoms with Crippen molar-refractivity contribution in [3.05, 3.63) is 12.4 Å². The molecule has 0 spiro atoms. The number of hydrogen-bond acceptors (Lipinski definition) is 3. The van der Waals surface area contributed by atoms with Gasteiger partial charge in [-0.25, -0.2) is 0 Å². The fourth-order valence-electron chi connectivity index (χ4n) is 0.676. The van der Waals surface area contributed by atoms with Gasteiger partial charge in [0.2, 0.25) is 0 Å². The lowest BCUT2D eigenvalue weighted by Gasteiger charge is -2.23. The largest absolute Gasteiger partial charge is 0.386 e. The molecule has 56 valence electrons. The highest BCUT2D eigenvalue weighted by atomic mass is 15.0. The first-order valence-corrected chi connectivity index (χ1v) is 3.07. The normalized spacial score (nSPS) is 10.1. The monoisotopic (exact) mass is 139 g/mol. The Morgan fingerprint density at radius 1 is 1.80 bits per heavy atom. The van der Waals surface area contributed by atoms with E-state index >= 15 is 0 Å². The van der Waals surface area contributed by atoms with E-state index in [-0.39, 0.29) is 5.54 Å². The van der Waals surface area contributed by atoms with E-state index in [2.05, 4.69) is 18.0 Å². The molecule has 0 rings (SSSR count). The molecule has 0 aliphatic carbocycles. The minimum atomic E-state index is -0.263. The van der Waals surface area contributed by atoms with E-state index in [1.165, 1.54) is 0 Å². The average molecular weight is 139 g/mol. The second-order valence-electron chi connectivity index (χ2n) is 2.87. The summed E-state index contributed by atoms with van der Waals surface area (Å²) in [4.78, 5) is 0. The number of nitrogens with two attached hydrogens (primary N) is 1. The highest BCUT2D eigenvalue weighted by molar-refractivity contribution is 4.96. The Morgan fingerprint density at radius 3 is 2.60 bits per heavy atom. The van der Waals surface area contributed by atoms with Crippen LogP contribution in [0.5, 0.6) is 0 Å². The average Bonchev–Trinajstić information content (AvgIpc) is 1.59. The molecule has 0 saturated carbocycles. The van der Waals surface area contributed by atoms with Crippen LogP contribution < -0.4 is 11.1 Å². The molecule has 0 unspecified atom stereocenters. The van der Waals surface area contributed by atoms with Crippen molar-refractivity contribution in [2.24, 2.45) is 5.73 Å². The van der Waals surface area contributed by atoms with Crippen LogP contribution in [0.3, 0.4) is 0 Å². The molecule has 0 aliphatic heterocycles. The molecular weight excluding hydrogens is 126 g/mol. The van der Waals surface area contributed by atoms with Crippen molar-refractivity contribution < 1.29 is 0 Å². The first kappa shape index (κ1) is 8.83. The first-order valence-electron chi connectivity index (χ1n) is 3.07. The van der Waals surface area contributed by atoms with Gasteiger partial charge in [0.15, 0.2) is 0 Å². The van der Waals surface area contributed by atoms with Gasteiger partial charge in [-0.3, -0.25) is 0 Å². The Hall–Kier alpha value is -1.17. The third kappa shape index (κ3) is 3.79. The van der Waals surface area contributed by atoms with Crippen LogP contribution in [0.1, 0.15) is 20.3 Å².